The average molecular weight is 230 g/mol. The SMILES string of the molecule is FC(F)(F)CNCc1ccc2ncoc2c1. The third-order valence-corrected chi connectivity index (χ3v) is 2.05. The largest absolute Gasteiger partial charge is 0.443 e. The Labute approximate surface area is 89.3 Å². The molecule has 3 nitrogen and oxygen atoms in total. The number of oxazole rings is 1. The van der Waals surface area contributed by atoms with Crippen LogP contribution >= 0.6 is 0 Å². The van der Waals surface area contributed by atoms with Crippen LogP contribution in [-0.4, -0.2) is 17.7 Å². The number of halogens is 3. The van der Waals surface area contributed by atoms with Crippen molar-refractivity contribution in [3.05, 3.63) is 30.2 Å². The summed E-state index contributed by atoms with van der Waals surface area (Å²) in [4.78, 5) is 3.91. The Morgan fingerprint density at radius 1 is 1.31 bits per heavy atom. The number of alkyl halides is 3. The van der Waals surface area contributed by atoms with E-state index in [0.29, 0.717) is 11.1 Å². The van der Waals surface area contributed by atoms with Crippen molar-refractivity contribution in [2.75, 3.05) is 6.54 Å². The summed E-state index contributed by atoms with van der Waals surface area (Å²) in [5, 5.41) is 2.31. The topological polar surface area (TPSA) is 38.1 Å². The lowest BCUT2D eigenvalue weighted by molar-refractivity contribution is -0.125. The predicted molar refractivity (Wildman–Crippen MR) is 51.8 cm³/mol. The van der Waals surface area contributed by atoms with Gasteiger partial charge in [-0.2, -0.15) is 13.2 Å². The Morgan fingerprint density at radius 3 is 2.88 bits per heavy atom. The van der Waals surface area contributed by atoms with Gasteiger partial charge in [0, 0.05) is 6.54 Å². The molecule has 0 saturated carbocycles. The van der Waals surface area contributed by atoms with E-state index in [1.807, 2.05) is 0 Å². The van der Waals surface area contributed by atoms with E-state index in [9.17, 15) is 13.2 Å². The second-order valence-corrected chi connectivity index (χ2v) is 3.37. The molecule has 1 heterocycles. The van der Waals surface area contributed by atoms with E-state index in [2.05, 4.69) is 10.3 Å². The second-order valence-electron chi connectivity index (χ2n) is 3.37. The standard InChI is InChI=1S/C10H9F3N2O/c11-10(12,13)5-14-4-7-1-2-8-9(3-7)16-6-15-8/h1-3,6,14H,4-5H2. The van der Waals surface area contributed by atoms with Gasteiger partial charge in [-0.05, 0) is 17.7 Å². The van der Waals surface area contributed by atoms with Crippen LogP contribution in [0.5, 0.6) is 0 Å². The highest BCUT2D eigenvalue weighted by Crippen LogP contribution is 2.15. The molecular formula is C10H9F3N2O. The number of hydrogen-bond donors (Lipinski definition) is 1. The van der Waals surface area contributed by atoms with Crippen molar-refractivity contribution < 1.29 is 17.6 Å². The van der Waals surface area contributed by atoms with Gasteiger partial charge in [0.05, 0.1) is 6.54 Å². The van der Waals surface area contributed by atoms with Gasteiger partial charge in [-0.3, -0.25) is 0 Å². The molecule has 0 aliphatic carbocycles. The second kappa shape index (κ2) is 4.13. The van der Waals surface area contributed by atoms with E-state index >= 15 is 0 Å². The smallest absolute Gasteiger partial charge is 0.401 e. The number of rotatable bonds is 3. The molecular weight excluding hydrogens is 221 g/mol. The van der Waals surface area contributed by atoms with Crippen molar-refractivity contribution in [3.8, 4) is 0 Å². The van der Waals surface area contributed by atoms with Crippen LogP contribution in [0, 0.1) is 0 Å². The minimum Gasteiger partial charge on any atom is -0.443 e. The zero-order chi connectivity index (χ0) is 11.6. The lowest BCUT2D eigenvalue weighted by Crippen LogP contribution is -2.28. The Morgan fingerprint density at radius 2 is 2.12 bits per heavy atom. The highest BCUT2D eigenvalue weighted by Gasteiger charge is 2.25. The van der Waals surface area contributed by atoms with Gasteiger partial charge in [-0.1, -0.05) is 6.07 Å². The van der Waals surface area contributed by atoms with Gasteiger partial charge in [0.15, 0.2) is 12.0 Å². The lowest BCUT2D eigenvalue weighted by atomic mass is 10.2. The summed E-state index contributed by atoms with van der Waals surface area (Å²) in [5.41, 5.74) is 2.00. The highest BCUT2D eigenvalue weighted by molar-refractivity contribution is 5.72. The van der Waals surface area contributed by atoms with E-state index in [1.54, 1.807) is 18.2 Å². The summed E-state index contributed by atoms with van der Waals surface area (Å²) in [6.45, 7) is -0.850. The van der Waals surface area contributed by atoms with Gasteiger partial charge in [0.1, 0.15) is 5.52 Å². The number of benzene rings is 1. The summed E-state index contributed by atoms with van der Waals surface area (Å²) in [5.74, 6) is 0. The monoisotopic (exact) mass is 230 g/mol. The Bertz CT molecular complexity index is 478. The van der Waals surface area contributed by atoms with E-state index in [1.165, 1.54) is 6.39 Å². The van der Waals surface area contributed by atoms with Crippen LogP contribution in [0.4, 0.5) is 13.2 Å². The van der Waals surface area contributed by atoms with Crippen LogP contribution < -0.4 is 5.32 Å². The number of hydrogen-bond acceptors (Lipinski definition) is 3. The fourth-order valence-electron chi connectivity index (χ4n) is 1.36. The molecule has 0 atom stereocenters. The molecule has 86 valence electrons. The molecule has 0 aliphatic rings. The summed E-state index contributed by atoms with van der Waals surface area (Å²) in [6, 6.07) is 5.10. The first-order chi connectivity index (χ1) is 7.54. The van der Waals surface area contributed by atoms with Crippen LogP contribution in [0.1, 0.15) is 5.56 Å². The maximum Gasteiger partial charge on any atom is 0.401 e. The van der Waals surface area contributed by atoms with Crippen molar-refractivity contribution >= 4 is 11.1 Å². The van der Waals surface area contributed by atoms with Gasteiger partial charge in [-0.15, -0.1) is 0 Å². The molecule has 0 saturated heterocycles. The molecule has 0 aliphatic heterocycles. The van der Waals surface area contributed by atoms with Crippen molar-refractivity contribution in [2.24, 2.45) is 0 Å². The predicted octanol–water partition coefficient (Wildman–Crippen LogP) is 2.48. The molecule has 0 amide bonds. The Balaban J connectivity index is 1.99. The lowest BCUT2D eigenvalue weighted by Gasteiger charge is -2.07. The molecule has 1 aromatic heterocycles. The highest BCUT2D eigenvalue weighted by atomic mass is 19.4. The van der Waals surface area contributed by atoms with Gasteiger partial charge < -0.3 is 9.73 Å². The normalized spacial score (nSPS) is 12.2. The minimum absolute atomic E-state index is 0.149. The molecule has 16 heavy (non-hydrogen) atoms. The first-order valence-electron chi connectivity index (χ1n) is 4.64. The summed E-state index contributed by atoms with van der Waals surface area (Å²) in [6.07, 6.45) is -2.88. The van der Waals surface area contributed by atoms with Crippen molar-refractivity contribution in [2.45, 2.75) is 12.7 Å². The average Bonchev–Trinajstić information content (AvgIpc) is 2.62. The zero-order valence-corrected chi connectivity index (χ0v) is 8.21. The fourth-order valence-corrected chi connectivity index (χ4v) is 1.36. The molecule has 0 spiro atoms. The van der Waals surface area contributed by atoms with Gasteiger partial charge in [-0.25, -0.2) is 4.98 Å². The summed E-state index contributed by atoms with van der Waals surface area (Å²) < 4.78 is 40.7. The number of fused-ring (bicyclic) bond motifs is 1. The molecule has 2 aromatic rings. The van der Waals surface area contributed by atoms with Crippen molar-refractivity contribution in [1.29, 1.82) is 0 Å². The van der Waals surface area contributed by atoms with Crippen molar-refractivity contribution in [1.82, 2.24) is 10.3 Å². The van der Waals surface area contributed by atoms with E-state index in [0.717, 1.165) is 5.56 Å². The van der Waals surface area contributed by atoms with Crippen LogP contribution in [0.15, 0.2) is 29.0 Å². The third-order valence-electron chi connectivity index (χ3n) is 2.05. The van der Waals surface area contributed by atoms with Gasteiger partial charge in [0.25, 0.3) is 0 Å². The van der Waals surface area contributed by atoms with E-state index in [4.69, 9.17) is 4.42 Å². The maximum absolute atomic E-state index is 11.9. The fraction of sp³-hybridized carbons (Fsp3) is 0.300. The number of aromatic nitrogens is 1. The first kappa shape index (κ1) is 10.9. The van der Waals surface area contributed by atoms with Crippen LogP contribution in [-0.2, 0) is 6.54 Å². The number of nitrogens with zero attached hydrogens (tertiary/aromatic N) is 1. The van der Waals surface area contributed by atoms with Crippen LogP contribution in [0.2, 0.25) is 0 Å². The first-order valence-corrected chi connectivity index (χ1v) is 4.64. The Kier molecular flexibility index (Phi) is 2.82. The molecule has 0 unspecified atom stereocenters. The molecule has 0 fully saturated rings. The maximum atomic E-state index is 11.9. The van der Waals surface area contributed by atoms with E-state index in [-0.39, 0.29) is 6.54 Å². The molecule has 0 bridgehead atoms. The minimum atomic E-state index is -4.18. The van der Waals surface area contributed by atoms with Crippen LogP contribution in [0.25, 0.3) is 11.1 Å². The summed E-state index contributed by atoms with van der Waals surface area (Å²) in [7, 11) is 0. The molecule has 1 aromatic carbocycles. The van der Waals surface area contributed by atoms with Gasteiger partial charge >= 0.3 is 6.18 Å². The van der Waals surface area contributed by atoms with Gasteiger partial charge in [0.2, 0.25) is 0 Å². The molecule has 6 heteroatoms. The van der Waals surface area contributed by atoms with E-state index < -0.39 is 12.7 Å². The Hall–Kier alpha value is -1.56. The van der Waals surface area contributed by atoms with Crippen LogP contribution in [0.3, 0.4) is 0 Å². The quantitative estimate of drug-likeness (QED) is 0.880. The summed E-state index contributed by atoms with van der Waals surface area (Å²) >= 11 is 0. The molecule has 0 radical (unpaired) electrons. The zero-order valence-electron chi connectivity index (χ0n) is 8.21. The number of nitrogens with one attached hydrogen (secondary N) is 1. The third kappa shape index (κ3) is 2.73. The molecule has 2 rings (SSSR count). The van der Waals surface area contributed by atoms with Crippen molar-refractivity contribution in [3.63, 3.8) is 0 Å². The molecule has 1 N–H and O–H groups in total.